The molecule has 0 bridgehead atoms. The number of rotatable bonds is 7. The number of halogens is 2. The highest BCUT2D eigenvalue weighted by molar-refractivity contribution is 6.35. The summed E-state index contributed by atoms with van der Waals surface area (Å²) < 4.78 is 10.5. The molecule has 1 amide bonds. The molecule has 0 atom stereocenters. The Morgan fingerprint density at radius 1 is 1.13 bits per heavy atom. The van der Waals surface area contributed by atoms with Gasteiger partial charge < -0.3 is 19.4 Å². The summed E-state index contributed by atoms with van der Waals surface area (Å²) in [4.78, 5) is 34.2. The number of amides is 1. The number of benzene rings is 2. The van der Waals surface area contributed by atoms with Crippen LogP contribution < -0.4 is 15.0 Å². The number of likely N-dealkylation sites (N-methyl/N-ethyl adjacent to an activating group) is 1. The van der Waals surface area contributed by atoms with Crippen LogP contribution >= 0.6 is 23.2 Å². The highest BCUT2D eigenvalue weighted by atomic mass is 35.5. The van der Waals surface area contributed by atoms with E-state index in [0.29, 0.717) is 50.4 Å². The molecule has 0 saturated carbocycles. The van der Waals surface area contributed by atoms with Crippen molar-refractivity contribution in [3.8, 4) is 11.5 Å². The van der Waals surface area contributed by atoms with Crippen molar-refractivity contribution in [2.75, 3.05) is 20.8 Å². The zero-order valence-corrected chi connectivity index (χ0v) is 18.3. The SMILES string of the molecule is CCN(Cc1nc2cc(OC)c(OC)cc2c(=O)[nH]1)C(=O)Cc1ccc(Cl)cc1Cl. The Labute approximate surface area is 183 Å². The van der Waals surface area contributed by atoms with E-state index < -0.39 is 0 Å². The molecule has 0 fully saturated rings. The molecular formula is C21H21Cl2N3O4. The van der Waals surface area contributed by atoms with E-state index in [2.05, 4.69) is 9.97 Å². The quantitative estimate of drug-likeness (QED) is 0.592. The number of nitrogens with zero attached hydrogens (tertiary/aromatic N) is 2. The number of methoxy groups -OCH3 is 2. The van der Waals surface area contributed by atoms with Crippen molar-refractivity contribution in [1.82, 2.24) is 14.9 Å². The Morgan fingerprint density at radius 3 is 2.47 bits per heavy atom. The Bertz CT molecular complexity index is 1150. The van der Waals surface area contributed by atoms with Crippen LogP contribution in [0.4, 0.5) is 0 Å². The molecule has 0 aliphatic carbocycles. The lowest BCUT2D eigenvalue weighted by Gasteiger charge is -2.21. The first-order valence-electron chi connectivity index (χ1n) is 9.22. The number of aromatic amines is 1. The predicted octanol–water partition coefficient (Wildman–Crippen LogP) is 3.84. The maximum Gasteiger partial charge on any atom is 0.258 e. The predicted molar refractivity (Wildman–Crippen MR) is 117 cm³/mol. The largest absolute Gasteiger partial charge is 0.493 e. The van der Waals surface area contributed by atoms with Crippen LogP contribution in [0.5, 0.6) is 11.5 Å². The van der Waals surface area contributed by atoms with E-state index >= 15 is 0 Å². The van der Waals surface area contributed by atoms with Gasteiger partial charge in [-0.1, -0.05) is 29.3 Å². The summed E-state index contributed by atoms with van der Waals surface area (Å²) in [5.74, 6) is 1.14. The normalized spacial score (nSPS) is 10.8. The van der Waals surface area contributed by atoms with Gasteiger partial charge in [0.2, 0.25) is 5.91 Å². The summed E-state index contributed by atoms with van der Waals surface area (Å²) in [5.41, 5.74) is 0.817. The fourth-order valence-electron chi connectivity index (χ4n) is 3.09. The zero-order valence-electron chi connectivity index (χ0n) is 16.8. The van der Waals surface area contributed by atoms with Crippen molar-refractivity contribution in [1.29, 1.82) is 0 Å². The average Bonchev–Trinajstić information content (AvgIpc) is 2.73. The van der Waals surface area contributed by atoms with Crippen LogP contribution in [0, 0.1) is 0 Å². The Balaban J connectivity index is 1.87. The summed E-state index contributed by atoms with van der Waals surface area (Å²) in [6.45, 7) is 2.45. The van der Waals surface area contributed by atoms with E-state index in [1.807, 2.05) is 6.92 Å². The Kier molecular flexibility index (Phi) is 6.84. The molecular weight excluding hydrogens is 429 g/mol. The summed E-state index contributed by atoms with van der Waals surface area (Å²) in [6.07, 6.45) is 0.118. The van der Waals surface area contributed by atoms with Gasteiger partial charge in [-0.2, -0.15) is 0 Å². The van der Waals surface area contributed by atoms with Crippen molar-refractivity contribution in [2.45, 2.75) is 19.9 Å². The molecule has 0 aliphatic rings. The van der Waals surface area contributed by atoms with E-state index in [-0.39, 0.29) is 24.4 Å². The maximum absolute atomic E-state index is 12.8. The number of fused-ring (bicyclic) bond motifs is 1. The lowest BCUT2D eigenvalue weighted by Crippen LogP contribution is -2.33. The Hall–Kier alpha value is -2.77. The number of carbonyl (C=O) groups excluding carboxylic acids is 1. The van der Waals surface area contributed by atoms with Crippen LogP contribution in [-0.4, -0.2) is 41.5 Å². The second kappa shape index (κ2) is 9.36. The van der Waals surface area contributed by atoms with Gasteiger partial charge in [0, 0.05) is 22.7 Å². The van der Waals surface area contributed by atoms with Crippen LogP contribution in [-0.2, 0) is 17.8 Å². The van der Waals surface area contributed by atoms with Crippen LogP contribution in [0.3, 0.4) is 0 Å². The molecule has 30 heavy (non-hydrogen) atoms. The van der Waals surface area contributed by atoms with Crippen LogP contribution in [0.15, 0.2) is 35.1 Å². The number of H-pyrrole nitrogens is 1. The molecule has 0 saturated heterocycles. The fraction of sp³-hybridized carbons (Fsp3) is 0.286. The van der Waals surface area contributed by atoms with Gasteiger partial charge in [-0.05, 0) is 30.7 Å². The van der Waals surface area contributed by atoms with Gasteiger partial charge in [0.15, 0.2) is 11.5 Å². The molecule has 0 unspecified atom stereocenters. The van der Waals surface area contributed by atoms with E-state index in [4.69, 9.17) is 32.7 Å². The topological polar surface area (TPSA) is 84.5 Å². The number of hydrogen-bond donors (Lipinski definition) is 1. The zero-order chi connectivity index (χ0) is 21.8. The average molecular weight is 450 g/mol. The van der Waals surface area contributed by atoms with Crippen molar-refractivity contribution < 1.29 is 14.3 Å². The van der Waals surface area contributed by atoms with Crippen LogP contribution in [0.25, 0.3) is 10.9 Å². The van der Waals surface area contributed by atoms with Gasteiger partial charge in [-0.15, -0.1) is 0 Å². The molecule has 0 spiro atoms. The molecule has 0 radical (unpaired) electrons. The lowest BCUT2D eigenvalue weighted by molar-refractivity contribution is -0.131. The molecule has 7 nitrogen and oxygen atoms in total. The number of aromatic nitrogens is 2. The van der Waals surface area contributed by atoms with Gasteiger partial charge in [-0.3, -0.25) is 9.59 Å². The minimum absolute atomic E-state index is 0.118. The molecule has 0 aliphatic heterocycles. The van der Waals surface area contributed by atoms with E-state index in [9.17, 15) is 9.59 Å². The first-order chi connectivity index (χ1) is 14.4. The molecule has 3 rings (SSSR count). The van der Waals surface area contributed by atoms with Crippen molar-refractivity contribution >= 4 is 40.0 Å². The lowest BCUT2D eigenvalue weighted by atomic mass is 10.1. The standard InChI is InChI=1S/C21H21Cl2N3O4/c1-4-26(20(27)7-12-5-6-13(22)8-15(12)23)11-19-24-16-10-18(30-3)17(29-2)9-14(16)21(28)25-19/h5-6,8-10H,4,7,11H2,1-3H3,(H,24,25,28). The minimum Gasteiger partial charge on any atom is -0.493 e. The van der Waals surface area contributed by atoms with E-state index in [1.165, 1.54) is 14.2 Å². The summed E-state index contributed by atoms with van der Waals surface area (Å²) in [7, 11) is 3.01. The monoisotopic (exact) mass is 449 g/mol. The molecule has 158 valence electrons. The number of carbonyl (C=O) groups is 1. The number of hydrogen-bond acceptors (Lipinski definition) is 5. The molecule has 9 heteroatoms. The first-order valence-corrected chi connectivity index (χ1v) is 9.98. The van der Waals surface area contributed by atoms with Crippen molar-refractivity contribution in [2.24, 2.45) is 0 Å². The molecule has 1 heterocycles. The third kappa shape index (κ3) is 4.68. The summed E-state index contributed by atoms with van der Waals surface area (Å²) >= 11 is 12.1. The third-order valence-corrected chi connectivity index (χ3v) is 5.28. The second-order valence-electron chi connectivity index (χ2n) is 6.56. The molecule has 1 aromatic heterocycles. The summed E-state index contributed by atoms with van der Waals surface area (Å²) in [5, 5.41) is 1.32. The van der Waals surface area contributed by atoms with Gasteiger partial charge in [0.25, 0.3) is 5.56 Å². The smallest absolute Gasteiger partial charge is 0.258 e. The van der Waals surface area contributed by atoms with Gasteiger partial charge in [-0.25, -0.2) is 4.98 Å². The third-order valence-electron chi connectivity index (χ3n) is 4.69. The van der Waals surface area contributed by atoms with Crippen molar-refractivity contribution in [3.63, 3.8) is 0 Å². The van der Waals surface area contributed by atoms with Crippen LogP contribution in [0.2, 0.25) is 10.0 Å². The van der Waals surface area contributed by atoms with E-state index in [0.717, 1.165) is 0 Å². The highest BCUT2D eigenvalue weighted by Gasteiger charge is 2.17. The number of ether oxygens (including phenoxy) is 2. The number of nitrogens with one attached hydrogen (secondary N) is 1. The van der Waals surface area contributed by atoms with Gasteiger partial charge in [0.05, 0.1) is 38.1 Å². The minimum atomic E-state index is -0.319. The summed E-state index contributed by atoms with van der Waals surface area (Å²) in [6, 6.07) is 8.24. The van der Waals surface area contributed by atoms with Crippen molar-refractivity contribution in [3.05, 3.63) is 62.1 Å². The molecule has 2 aromatic carbocycles. The molecule has 1 N–H and O–H groups in total. The van der Waals surface area contributed by atoms with Crippen LogP contribution in [0.1, 0.15) is 18.3 Å². The fourth-order valence-corrected chi connectivity index (χ4v) is 3.56. The van der Waals surface area contributed by atoms with Gasteiger partial charge >= 0.3 is 0 Å². The maximum atomic E-state index is 12.8. The van der Waals surface area contributed by atoms with E-state index in [1.54, 1.807) is 35.2 Å². The first kappa shape index (κ1) is 21.9. The Morgan fingerprint density at radius 2 is 1.83 bits per heavy atom. The van der Waals surface area contributed by atoms with Gasteiger partial charge in [0.1, 0.15) is 5.82 Å². The second-order valence-corrected chi connectivity index (χ2v) is 7.40. The molecule has 3 aromatic rings. The highest BCUT2D eigenvalue weighted by Crippen LogP contribution is 2.30.